The van der Waals surface area contributed by atoms with Crippen molar-refractivity contribution < 1.29 is 19.2 Å². The van der Waals surface area contributed by atoms with Crippen molar-refractivity contribution in [3.8, 4) is 11.4 Å². The molecule has 1 saturated heterocycles. The number of aromatic nitrogens is 2. The Hall–Kier alpha value is -3.43. The van der Waals surface area contributed by atoms with Gasteiger partial charge in [-0.05, 0) is 24.2 Å². The van der Waals surface area contributed by atoms with Crippen molar-refractivity contribution in [3.05, 3.63) is 77.6 Å². The van der Waals surface area contributed by atoms with Crippen molar-refractivity contribution in [3.63, 3.8) is 0 Å². The second kappa shape index (κ2) is 10.5. The highest BCUT2D eigenvalue weighted by Gasteiger charge is 2.40. The van der Waals surface area contributed by atoms with Crippen molar-refractivity contribution in [2.75, 3.05) is 13.2 Å². The zero-order valence-corrected chi connectivity index (χ0v) is 19.2. The summed E-state index contributed by atoms with van der Waals surface area (Å²) in [5.74, 6) is 0.496. The molecule has 0 bridgehead atoms. The molecule has 1 aromatic heterocycles. The summed E-state index contributed by atoms with van der Waals surface area (Å²) in [5.41, 5.74) is 2.72. The van der Waals surface area contributed by atoms with Gasteiger partial charge in [-0.25, -0.2) is 4.98 Å². The molecule has 0 aliphatic carbocycles. The molecule has 2 amide bonds. The first-order valence-electron chi connectivity index (χ1n) is 10.5. The summed E-state index contributed by atoms with van der Waals surface area (Å²) in [6.07, 6.45) is 1.61. The van der Waals surface area contributed by atoms with Gasteiger partial charge in [0.2, 0.25) is 0 Å². The van der Waals surface area contributed by atoms with Crippen LogP contribution in [0.3, 0.4) is 0 Å². The average Bonchev–Trinajstić information content (AvgIpc) is 3.27. The topological polar surface area (TPSA) is 86.0 Å². The quantitative estimate of drug-likeness (QED) is 0.270. The van der Waals surface area contributed by atoms with Gasteiger partial charge in [-0.1, -0.05) is 65.8 Å². The minimum atomic E-state index is -0.860. The maximum absolute atomic E-state index is 12.5. The van der Waals surface area contributed by atoms with Crippen molar-refractivity contribution in [2.45, 2.75) is 18.9 Å². The SMILES string of the molecule is Cc1nc(-c2ccccc2)n(C)c1C=NOCCOC1SC(=O)N(Cc2ccccc2)C1=O. The van der Waals surface area contributed by atoms with E-state index in [-0.39, 0.29) is 30.9 Å². The van der Waals surface area contributed by atoms with Crippen LogP contribution in [0.25, 0.3) is 11.4 Å². The minimum Gasteiger partial charge on any atom is -0.393 e. The Morgan fingerprint density at radius 1 is 1.06 bits per heavy atom. The summed E-state index contributed by atoms with van der Waals surface area (Å²) in [4.78, 5) is 35.8. The number of imidazole rings is 1. The maximum Gasteiger partial charge on any atom is 0.291 e. The molecule has 0 N–H and O–H groups in total. The minimum absolute atomic E-state index is 0.132. The van der Waals surface area contributed by atoms with Gasteiger partial charge in [-0.2, -0.15) is 0 Å². The van der Waals surface area contributed by atoms with Crippen LogP contribution < -0.4 is 0 Å². The van der Waals surface area contributed by atoms with Crippen molar-refractivity contribution >= 4 is 29.1 Å². The lowest BCUT2D eigenvalue weighted by Gasteiger charge is -2.13. The van der Waals surface area contributed by atoms with Crippen LogP contribution in [0, 0.1) is 6.92 Å². The Kier molecular flexibility index (Phi) is 7.21. The number of nitrogens with zero attached hydrogens (tertiary/aromatic N) is 4. The molecular formula is C24H24N4O4S. The van der Waals surface area contributed by atoms with Gasteiger partial charge in [0.25, 0.3) is 11.1 Å². The molecule has 1 fully saturated rings. The Labute approximate surface area is 196 Å². The zero-order chi connectivity index (χ0) is 23.2. The van der Waals surface area contributed by atoms with E-state index >= 15 is 0 Å². The van der Waals surface area contributed by atoms with Crippen LogP contribution in [0.4, 0.5) is 4.79 Å². The van der Waals surface area contributed by atoms with Gasteiger partial charge in [0, 0.05) is 12.6 Å². The van der Waals surface area contributed by atoms with Gasteiger partial charge in [0.05, 0.1) is 30.8 Å². The van der Waals surface area contributed by atoms with Crippen LogP contribution >= 0.6 is 11.8 Å². The number of aryl methyl sites for hydroxylation is 1. The van der Waals surface area contributed by atoms with E-state index in [4.69, 9.17) is 9.57 Å². The molecule has 0 saturated carbocycles. The molecule has 9 heteroatoms. The van der Waals surface area contributed by atoms with Gasteiger partial charge >= 0.3 is 0 Å². The molecule has 0 spiro atoms. The highest BCUT2D eigenvalue weighted by Crippen LogP contribution is 2.29. The fraction of sp³-hybridized carbons (Fsp3) is 0.250. The summed E-state index contributed by atoms with van der Waals surface area (Å²) >= 11 is 0.876. The molecule has 1 aliphatic rings. The first kappa shape index (κ1) is 22.8. The monoisotopic (exact) mass is 464 g/mol. The summed E-state index contributed by atoms with van der Waals surface area (Å²) in [6.45, 7) is 2.43. The van der Waals surface area contributed by atoms with Gasteiger partial charge < -0.3 is 14.1 Å². The van der Waals surface area contributed by atoms with Crippen molar-refractivity contribution in [1.29, 1.82) is 0 Å². The predicted molar refractivity (Wildman–Crippen MR) is 127 cm³/mol. The molecule has 1 aliphatic heterocycles. The lowest BCUT2D eigenvalue weighted by atomic mass is 10.2. The Morgan fingerprint density at radius 3 is 2.48 bits per heavy atom. The number of hydrogen-bond acceptors (Lipinski definition) is 7. The van der Waals surface area contributed by atoms with E-state index in [1.807, 2.05) is 79.2 Å². The highest BCUT2D eigenvalue weighted by molar-refractivity contribution is 8.15. The van der Waals surface area contributed by atoms with Crippen LogP contribution in [0.1, 0.15) is 17.0 Å². The highest BCUT2D eigenvalue weighted by atomic mass is 32.2. The third-order valence-corrected chi connectivity index (χ3v) is 6.10. The normalized spacial score (nSPS) is 16.2. The molecular weight excluding hydrogens is 440 g/mol. The summed E-state index contributed by atoms with van der Waals surface area (Å²) in [6, 6.07) is 19.3. The first-order valence-corrected chi connectivity index (χ1v) is 11.3. The fourth-order valence-electron chi connectivity index (χ4n) is 3.44. The number of oxime groups is 1. The number of ether oxygens (including phenoxy) is 1. The number of carbonyl (C=O) groups excluding carboxylic acids is 2. The van der Waals surface area contributed by atoms with Crippen LogP contribution in [0.15, 0.2) is 65.8 Å². The van der Waals surface area contributed by atoms with E-state index in [1.54, 1.807) is 6.21 Å². The molecule has 33 heavy (non-hydrogen) atoms. The lowest BCUT2D eigenvalue weighted by Crippen LogP contribution is -2.32. The molecule has 1 atom stereocenters. The number of imide groups is 1. The molecule has 1 unspecified atom stereocenters. The molecule has 2 aromatic carbocycles. The molecule has 8 nitrogen and oxygen atoms in total. The lowest BCUT2D eigenvalue weighted by molar-refractivity contribution is -0.134. The predicted octanol–water partition coefficient (Wildman–Crippen LogP) is 3.98. The van der Waals surface area contributed by atoms with Gasteiger partial charge in [0.15, 0.2) is 5.44 Å². The molecule has 0 radical (unpaired) electrons. The zero-order valence-electron chi connectivity index (χ0n) is 18.4. The standard InChI is InChI=1S/C24H24N4O4S/c1-17-20(27(2)21(26-17)19-11-7-4-8-12-19)15-25-32-14-13-31-23-22(29)28(24(30)33-23)16-18-9-5-3-6-10-18/h3-12,15,23H,13-14,16H2,1-2H3. The smallest absolute Gasteiger partial charge is 0.291 e. The van der Waals surface area contributed by atoms with Crippen molar-refractivity contribution in [1.82, 2.24) is 14.5 Å². The molecule has 4 rings (SSSR count). The van der Waals surface area contributed by atoms with E-state index in [0.717, 1.165) is 40.1 Å². The molecule has 2 heterocycles. The van der Waals surface area contributed by atoms with Crippen molar-refractivity contribution in [2.24, 2.45) is 12.2 Å². The third kappa shape index (κ3) is 5.32. The van der Waals surface area contributed by atoms with Crippen LogP contribution in [0.2, 0.25) is 0 Å². The average molecular weight is 465 g/mol. The Bertz CT molecular complexity index is 1150. The summed E-state index contributed by atoms with van der Waals surface area (Å²) in [7, 11) is 1.92. The largest absolute Gasteiger partial charge is 0.393 e. The third-order valence-electron chi connectivity index (χ3n) is 5.13. The number of benzene rings is 2. The van der Waals surface area contributed by atoms with Gasteiger partial charge in [-0.3, -0.25) is 14.5 Å². The van der Waals surface area contributed by atoms with Crippen LogP contribution in [-0.4, -0.2) is 50.5 Å². The second-order valence-corrected chi connectivity index (χ2v) is 8.41. The number of rotatable bonds is 9. The summed E-state index contributed by atoms with van der Waals surface area (Å²) < 4.78 is 7.50. The van der Waals surface area contributed by atoms with E-state index in [2.05, 4.69) is 10.1 Å². The number of carbonyl (C=O) groups is 2. The number of thioether (sulfide) groups is 1. The van der Waals surface area contributed by atoms with Crippen LogP contribution in [0.5, 0.6) is 0 Å². The number of hydrogen-bond donors (Lipinski definition) is 0. The van der Waals surface area contributed by atoms with E-state index in [9.17, 15) is 9.59 Å². The fourth-order valence-corrected chi connectivity index (χ4v) is 4.30. The van der Waals surface area contributed by atoms with Gasteiger partial charge in [0.1, 0.15) is 12.4 Å². The van der Waals surface area contributed by atoms with Gasteiger partial charge in [-0.15, -0.1) is 0 Å². The molecule has 3 aromatic rings. The Morgan fingerprint density at radius 2 is 1.76 bits per heavy atom. The van der Waals surface area contributed by atoms with E-state index in [1.165, 1.54) is 4.90 Å². The first-order chi connectivity index (χ1) is 16.0. The van der Waals surface area contributed by atoms with E-state index in [0.29, 0.717) is 0 Å². The molecule has 170 valence electrons. The summed E-state index contributed by atoms with van der Waals surface area (Å²) in [5, 5.41) is 3.69. The maximum atomic E-state index is 12.5. The second-order valence-electron chi connectivity index (χ2n) is 7.40. The van der Waals surface area contributed by atoms with E-state index < -0.39 is 5.44 Å². The van der Waals surface area contributed by atoms with Crippen LogP contribution in [-0.2, 0) is 28.0 Å². The number of amides is 2. The Balaban J connectivity index is 1.25.